The molecular formula is C50H71ClN2O8. The number of carboxylic acids is 1. The van der Waals surface area contributed by atoms with Gasteiger partial charge in [-0.15, -0.1) is 0 Å². The fourth-order valence-electron chi connectivity index (χ4n) is 14.8. The number of ether oxygens (including phenoxy) is 1. The average molecular weight is 865 g/mol. The fraction of sp³-hybridized carbons (Fsp3) is 0.740. The first-order chi connectivity index (χ1) is 28.7. The Morgan fingerprint density at radius 1 is 0.869 bits per heavy atom. The summed E-state index contributed by atoms with van der Waals surface area (Å²) in [7, 11) is 0. The second-order valence-electron chi connectivity index (χ2n) is 22.4. The minimum Gasteiger partial charge on any atom is -0.481 e. The number of rotatable bonds is 11. The zero-order valence-electron chi connectivity index (χ0n) is 39.1. The first kappa shape index (κ1) is 44.4. The van der Waals surface area contributed by atoms with Gasteiger partial charge in [-0.1, -0.05) is 79.5 Å². The molecule has 0 spiro atoms. The minimum atomic E-state index is -1.90. The Bertz CT molecular complexity index is 2050. The summed E-state index contributed by atoms with van der Waals surface area (Å²) in [6.45, 7) is 21.0. The number of aliphatic hydroxyl groups is 1. The van der Waals surface area contributed by atoms with E-state index < -0.39 is 46.7 Å². The van der Waals surface area contributed by atoms with Gasteiger partial charge < -0.3 is 25.6 Å². The van der Waals surface area contributed by atoms with Crippen molar-refractivity contribution in [2.75, 3.05) is 6.54 Å². The molecular weight excluding hydrogens is 792 g/mol. The van der Waals surface area contributed by atoms with E-state index in [2.05, 4.69) is 59.1 Å². The maximum atomic E-state index is 14.2. The Morgan fingerprint density at radius 3 is 2.15 bits per heavy atom. The molecule has 7 rings (SSSR count). The predicted molar refractivity (Wildman–Crippen MR) is 234 cm³/mol. The number of nitrogens with one attached hydrogen (secondary N) is 2. The topological polar surface area (TPSA) is 159 Å². The SMILES string of the molecule is [2H]C(CNC(=O)C[C@@]12CC[C@]3(C)[C@H](CC[C@@H]4[C@@]5(C)CC[C@H](OC(=O)[C@H]6C[C@@H](C(=O)O)C6(C)C)C(C)(C)[C@@H]5CC[C@]43C)C1=C(C(C)C)C(=O)C2)(NC(=O)c1ccc(Cl)cc1)C(C)O. The Kier molecular flexibility index (Phi) is 11.5. The fourth-order valence-corrected chi connectivity index (χ4v) is 14.9. The molecule has 2 amide bonds. The van der Waals surface area contributed by atoms with Gasteiger partial charge in [-0.3, -0.25) is 24.0 Å². The number of carboxylic acid groups (broad SMARTS) is 1. The standard InChI is InChI=1S/C50H71ClN2O8/c1-27(2)40-35(55)24-50(25-39(56)52-26-34(28(3)54)53-42(57)29-11-13-30(51)14-12-29)22-21-48(9)31(41(40)50)15-16-37-47(8)19-18-38(46(6,7)36(47)17-20-49(37,48)10)61-44(60)33-23-32(43(58)59)45(33,4)5/h11-14,27-28,31-34,36-38,54H,15-26H2,1-10H3,(H,52,56)(H,53,57)(H,58,59)/t28?,31-,32+,33-,34?,36+,37-,38+,47+,48-,49-,50+/m1/s1/i34D. The van der Waals surface area contributed by atoms with Gasteiger partial charge >= 0.3 is 11.9 Å². The highest BCUT2D eigenvalue weighted by atomic mass is 35.5. The van der Waals surface area contributed by atoms with Crippen LogP contribution >= 0.6 is 11.6 Å². The second-order valence-corrected chi connectivity index (χ2v) is 22.8. The third kappa shape index (κ3) is 7.29. The van der Waals surface area contributed by atoms with Crippen molar-refractivity contribution in [1.82, 2.24) is 10.6 Å². The summed E-state index contributed by atoms with van der Waals surface area (Å²) in [4.78, 5) is 66.9. The van der Waals surface area contributed by atoms with Gasteiger partial charge in [0, 0.05) is 40.8 Å². The van der Waals surface area contributed by atoms with Crippen LogP contribution in [0.5, 0.6) is 0 Å². The molecule has 0 aromatic heterocycles. The largest absolute Gasteiger partial charge is 0.481 e. The van der Waals surface area contributed by atoms with E-state index >= 15 is 0 Å². The molecule has 5 saturated carbocycles. The number of amides is 2. The number of aliphatic hydroxyl groups excluding tert-OH is 1. The maximum Gasteiger partial charge on any atom is 0.309 e. The van der Waals surface area contributed by atoms with Gasteiger partial charge in [-0.25, -0.2) is 0 Å². The van der Waals surface area contributed by atoms with Crippen LogP contribution < -0.4 is 10.6 Å². The first-order valence-corrected chi connectivity index (χ1v) is 23.3. The number of ketones is 1. The van der Waals surface area contributed by atoms with Gasteiger partial charge in [0.05, 0.1) is 25.3 Å². The van der Waals surface area contributed by atoms with Crippen LogP contribution in [0.3, 0.4) is 0 Å². The quantitative estimate of drug-likeness (QED) is 0.161. The molecule has 0 aliphatic heterocycles. The molecule has 0 heterocycles. The van der Waals surface area contributed by atoms with Crippen LogP contribution in [-0.4, -0.2) is 64.5 Å². The van der Waals surface area contributed by atoms with Gasteiger partial charge in [0.1, 0.15) is 6.10 Å². The average Bonchev–Trinajstić information content (AvgIpc) is 3.46. The lowest BCUT2D eigenvalue weighted by atomic mass is 9.33. The van der Waals surface area contributed by atoms with Crippen molar-refractivity contribution in [1.29, 1.82) is 0 Å². The Morgan fingerprint density at radius 2 is 1.54 bits per heavy atom. The van der Waals surface area contributed by atoms with E-state index in [0.717, 1.165) is 50.5 Å². The highest BCUT2D eigenvalue weighted by Gasteiger charge is 2.70. The number of hydrogen-bond acceptors (Lipinski definition) is 7. The molecule has 336 valence electrons. The van der Waals surface area contributed by atoms with Gasteiger partial charge in [-0.05, 0) is 140 Å². The minimum absolute atomic E-state index is 0.00194. The summed E-state index contributed by atoms with van der Waals surface area (Å²) < 4.78 is 15.4. The molecule has 1 aromatic carbocycles. The zero-order valence-corrected chi connectivity index (χ0v) is 38.9. The van der Waals surface area contributed by atoms with Crippen LogP contribution in [0.4, 0.5) is 0 Å². The molecule has 6 aliphatic carbocycles. The number of hydrogen-bond donors (Lipinski definition) is 4. The summed E-state index contributed by atoms with van der Waals surface area (Å²) in [6, 6.07) is 4.32. The van der Waals surface area contributed by atoms with Gasteiger partial charge in [0.15, 0.2) is 5.78 Å². The lowest BCUT2D eigenvalue weighted by Crippen LogP contribution is -2.66. The molecule has 2 unspecified atom stereocenters. The summed E-state index contributed by atoms with van der Waals surface area (Å²) in [6.07, 6.45) is 6.40. The number of allylic oxidation sites excluding steroid dienone is 2. The number of aliphatic carboxylic acids is 1. The van der Waals surface area contributed by atoms with Crippen LogP contribution in [-0.2, 0) is 23.9 Å². The van der Waals surface area contributed by atoms with E-state index in [-0.39, 0.29) is 82.2 Å². The maximum absolute atomic E-state index is 14.2. The third-order valence-corrected chi connectivity index (χ3v) is 18.7. The van der Waals surface area contributed by atoms with Crippen molar-refractivity contribution in [2.45, 2.75) is 158 Å². The molecule has 1 aromatic rings. The van der Waals surface area contributed by atoms with Crippen molar-refractivity contribution in [3.63, 3.8) is 0 Å². The first-order valence-electron chi connectivity index (χ1n) is 23.4. The molecule has 5 fully saturated rings. The lowest BCUT2D eigenvalue weighted by molar-refractivity contribution is -0.236. The van der Waals surface area contributed by atoms with Gasteiger partial charge in [0.2, 0.25) is 5.91 Å². The van der Waals surface area contributed by atoms with E-state index in [1.807, 2.05) is 13.8 Å². The van der Waals surface area contributed by atoms with E-state index in [0.29, 0.717) is 29.7 Å². The number of halogens is 1. The molecule has 6 aliphatic rings. The Labute approximate surface area is 369 Å². The summed E-state index contributed by atoms with van der Waals surface area (Å²) in [5, 5.41) is 26.3. The van der Waals surface area contributed by atoms with Gasteiger partial charge in [-0.2, -0.15) is 0 Å². The molecule has 0 saturated heterocycles. The number of carbonyl (C=O) groups excluding carboxylic acids is 4. The van der Waals surface area contributed by atoms with Crippen LogP contribution in [0.25, 0.3) is 0 Å². The van der Waals surface area contributed by atoms with Crippen molar-refractivity contribution in [3.8, 4) is 0 Å². The van der Waals surface area contributed by atoms with Crippen molar-refractivity contribution in [2.24, 2.45) is 68.0 Å². The number of Topliss-reactive ketones (excluding diaryl/α,β-unsaturated/α-hetero) is 1. The highest BCUT2D eigenvalue weighted by molar-refractivity contribution is 6.30. The predicted octanol–water partition coefficient (Wildman–Crippen LogP) is 8.96. The summed E-state index contributed by atoms with van der Waals surface area (Å²) in [5.74, 6) is -1.95. The summed E-state index contributed by atoms with van der Waals surface area (Å²) >= 11 is 6.00. The van der Waals surface area contributed by atoms with Crippen LogP contribution in [0.1, 0.15) is 152 Å². The zero-order chi connectivity index (χ0) is 45.7. The Hall–Kier alpha value is -3.24. The molecule has 61 heavy (non-hydrogen) atoms. The second kappa shape index (κ2) is 15.8. The van der Waals surface area contributed by atoms with Crippen LogP contribution in [0.2, 0.25) is 5.02 Å². The lowest BCUT2D eigenvalue weighted by Gasteiger charge is -2.72. The van der Waals surface area contributed by atoms with E-state index in [1.54, 1.807) is 12.1 Å². The smallest absolute Gasteiger partial charge is 0.309 e. The molecule has 10 nitrogen and oxygen atoms in total. The third-order valence-electron chi connectivity index (χ3n) is 18.5. The number of esters is 1. The van der Waals surface area contributed by atoms with Crippen molar-refractivity contribution >= 4 is 41.1 Å². The van der Waals surface area contributed by atoms with E-state index in [9.17, 15) is 34.2 Å². The van der Waals surface area contributed by atoms with Crippen molar-refractivity contribution in [3.05, 3.63) is 46.0 Å². The molecule has 4 N–H and O–H groups in total. The van der Waals surface area contributed by atoms with Crippen LogP contribution in [0.15, 0.2) is 35.4 Å². The summed E-state index contributed by atoms with van der Waals surface area (Å²) in [5.41, 5.74) is 0.628. The normalized spacial score (nSPS) is 38.9. The van der Waals surface area contributed by atoms with E-state index in [1.165, 1.54) is 24.6 Å². The number of benzene rings is 1. The van der Waals surface area contributed by atoms with Crippen molar-refractivity contribution < 1.29 is 40.3 Å². The molecule has 0 bridgehead atoms. The molecule has 12 atom stereocenters. The number of fused-ring (bicyclic) bond motifs is 7. The van der Waals surface area contributed by atoms with Gasteiger partial charge in [0.25, 0.3) is 5.91 Å². The highest BCUT2D eigenvalue weighted by Crippen LogP contribution is 2.77. The Balaban J connectivity index is 1.10. The molecule has 11 heteroatoms. The monoisotopic (exact) mass is 863 g/mol. The van der Waals surface area contributed by atoms with Crippen LogP contribution in [0, 0.1) is 68.0 Å². The molecule has 0 radical (unpaired) electrons. The van der Waals surface area contributed by atoms with E-state index in [4.69, 9.17) is 17.7 Å². The number of carbonyl (C=O) groups is 5.